The minimum Gasteiger partial charge on any atom is -0.383 e. The summed E-state index contributed by atoms with van der Waals surface area (Å²) in [7, 11) is 1.60. The fourth-order valence-electron chi connectivity index (χ4n) is 2.91. The van der Waals surface area contributed by atoms with Gasteiger partial charge in [-0.3, -0.25) is 9.59 Å². The van der Waals surface area contributed by atoms with Crippen LogP contribution in [0.5, 0.6) is 0 Å². The molecule has 1 saturated heterocycles. The number of carbonyl (C=O) groups is 2. The smallest absolute Gasteiger partial charge is 0.231 e. The van der Waals surface area contributed by atoms with E-state index in [2.05, 4.69) is 29.4 Å². The predicted octanol–water partition coefficient (Wildman–Crippen LogP) is 2.26. The molecule has 1 aliphatic heterocycles. The number of rotatable bonds is 8. The molecule has 1 fully saturated rings. The van der Waals surface area contributed by atoms with Crippen molar-refractivity contribution in [3.63, 3.8) is 0 Å². The summed E-state index contributed by atoms with van der Waals surface area (Å²) >= 11 is 1.41. The van der Waals surface area contributed by atoms with Gasteiger partial charge < -0.3 is 15.0 Å². The highest BCUT2D eigenvalue weighted by Crippen LogP contribution is 2.27. The minimum absolute atomic E-state index is 0.00535. The van der Waals surface area contributed by atoms with E-state index in [0.717, 1.165) is 17.8 Å². The molecule has 7 nitrogen and oxygen atoms in total. The number of aromatic nitrogens is 2. The van der Waals surface area contributed by atoms with Gasteiger partial charge in [0.25, 0.3) is 0 Å². The Hall–Kier alpha value is -1.54. The largest absolute Gasteiger partial charge is 0.383 e. The minimum atomic E-state index is -0.350. The third-order valence-electron chi connectivity index (χ3n) is 4.28. The van der Waals surface area contributed by atoms with Gasteiger partial charge in [-0.2, -0.15) is 0 Å². The van der Waals surface area contributed by atoms with E-state index in [0.29, 0.717) is 24.2 Å². The normalized spacial score (nSPS) is 20.2. The number of hydrogen-bond donors (Lipinski definition) is 1. The van der Waals surface area contributed by atoms with Crippen molar-refractivity contribution in [3.05, 3.63) is 5.01 Å². The van der Waals surface area contributed by atoms with E-state index in [4.69, 9.17) is 4.74 Å². The van der Waals surface area contributed by atoms with E-state index in [-0.39, 0.29) is 30.2 Å². The highest BCUT2D eigenvalue weighted by molar-refractivity contribution is 7.15. The number of amides is 2. The second-order valence-electron chi connectivity index (χ2n) is 6.38. The summed E-state index contributed by atoms with van der Waals surface area (Å²) in [5.41, 5.74) is 0. The third kappa shape index (κ3) is 4.51. The van der Waals surface area contributed by atoms with Crippen molar-refractivity contribution in [3.8, 4) is 0 Å². The molecule has 134 valence electrons. The summed E-state index contributed by atoms with van der Waals surface area (Å²) in [4.78, 5) is 26.2. The lowest BCUT2D eigenvalue weighted by molar-refractivity contribution is -0.130. The van der Waals surface area contributed by atoms with Gasteiger partial charge in [0.2, 0.25) is 16.9 Å². The average molecular weight is 354 g/mol. The number of nitrogens with one attached hydrogen (secondary N) is 1. The number of likely N-dealkylation sites (tertiary alicyclic amines) is 1. The first-order valence-electron chi connectivity index (χ1n) is 8.38. The Morgan fingerprint density at radius 3 is 2.88 bits per heavy atom. The summed E-state index contributed by atoms with van der Waals surface area (Å²) in [5.74, 6) is -0.177. The average Bonchev–Trinajstić information content (AvgIpc) is 3.14. The monoisotopic (exact) mass is 354 g/mol. The standard InChI is InChI=1S/C16H26N4O3S/c1-5-6-10(2)15-18-19-16(24-15)17-14(22)12-7-13(21)20(8-12)11(3)9-23-4/h10-12H,5-9H2,1-4H3,(H,17,19,22)/t10-,11-,12-/m0/s1. The Labute approximate surface area is 146 Å². The van der Waals surface area contributed by atoms with Crippen LogP contribution >= 0.6 is 11.3 Å². The topological polar surface area (TPSA) is 84.4 Å². The van der Waals surface area contributed by atoms with Gasteiger partial charge in [-0.05, 0) is 13.3 Å². The summed E-state index contributed by atoms with van der Waals surface area (Å²) in [6.45, 7) is 7.06. The molecular formula is C16H26N4O3S. The van der Waals surface area contributed by atoms with Crippen molar-refractivity contribution in [2.45, 2.75) is 52.0 Å². The van der Waals surface area contributed by atoms with E-state index in [1.54, 1.807) is 12.0 Å². The number of anilines is 1. The number of hydrogen-bond acceptors (Lipinski definition) is 6. The molecule has 0 radical (unpaired) electrons. The van der Waals surface area contributed by atoms with Crippen LogP contribution in [-0.4, -0.2) is 53.2 Å². The zero-order valence-corrected chi connectivity index (χ0v) is 15.6. The molecule has 1 aromatic heterocycles. The lowest BCUT2D eigenvalue weighted by Crippen LogP contribution is -2.38. The molecule has 0 spiro atoms. The third-order valence-corrected chi connectivity index (χ3v) is 5.35. The molecule has 0 unspecified atom stereocenters. The lowest BCUT2D eigenvalue weighted by atomic mass is 10.1. The first-order valence-corrected chi connectivity index (χ1v) is 9.20. The Kier molecular flexibility index (Phi) is 6.68. The van der Waals surface area contributed by atoms with Crippen molar-refractivity contribution in [2.75, 3.05) is 25.6 Å². The molecule has 0 bridgehead atoms. The van der Waals surface area contributed by atoms with Crippen LogP contribution in [0, 0.1) is 5.92 Å². The first-order chi connectivity index (χ1) is 11.5. The van der Waals surface area contributed by atoms with Crippen LogP contribution in [0.1, 0.15) is 51.0 Å². The maximum absolute atomic E-state index is 12.4. The van der Waals surface area contributed by atoms with Crippen molar-refractivity contribution in [2.24, 2.45) is 5.92 Å². The number of methoxy groups -OCH3 is 1. The lowest BCUT2D eigenvalue weighted by Gasteiger charge is -2.23. The zero-order chi connectivity index (χ0) is 17.7. The van der Waals surface area contributed by atoms with Crippen molar-refractivity contribution in [1.82, 2.24) is 15.1 Å². The van der Waals surface area contributed by atoms with E-state index in [1.807, 2.05) is 6.92 Å². The van der Waals surface area contributed by atoms with Gasteiger partial charge >= 0.3 is 0 Å². The molecule has 0 saturated carbocycles. The van der Waals surface area contributed by atoms with Gasteiger partial charge in [-0.25, -0.2) is 0 Å². The molecule has 24 heavy (non-hydrogen) atoms. The maximum Gasteiger partial charge on any atom is 0.231 e. The fourth-order valence-corrected chi connectivity index (χ4v) is 3.74. The summed E-state index contributed by atoms with van der Waals surface area (Å²) in [5, 5.41) is 12.5. The Balaban J connectivity index is 1.92. The van der Waals surface area contributed by atoms with E-state index in [1.165, 1.54) is 11.3 Å². The number of nitrogens with zero attached hydrogens (tertiary/aromatic N) is 3. The van der Waals surface area contributed by atoms with E-state index in [9.17, 15) is 9.59 Å². The number of carbonyl (C=O) groups excluding carboxylic acids is 2. The van der Waals surface area contributed by atoms with Crippen LogP contribution in [-0.2, 0) is 14.3 Å². The maximum atomic E-state index is 12.4. The predicted molar refractivity (Wildman–Crippen MR) is 93.0 cm³/mol. The van der Waals surface area contributed by atoms with Crippen molar-refractivity contribution < 1.29 is 14.3 Å². The second kappa shape index (κ2) is 8.53. The molecule has 0 aliphatic carbocycles. The molecule has 1 aromatic rings. The molecule has 2 amide bonds. The summed E-state index contributed by atoms with van der Waals surface area (Å²) < 4.78 is 5.09. The molecule has 2 rings (SSSR count). The number of ether oxygens (including phenoxy) is 1. The van der Waals surface area contributed by atoms with Crippen molar-refractivity contribution in [1.29, 1.82) is 0 Å². The summed E-state index contributed by atoms with van der Waals surface area (Å²) in [6.07, 6.45) is 2.37. The SMILES string of the molecule is CCC[C@H](C)c1nnc(NC(=O)[C@H]2CC(=O)N([C@@H](C)COC)C2)s1. The Morgan fingerprint density at radius 1 is 1.46 bits per heavy atom. The van der Waals surface area contributed by atoms with Crippen LogP contribution in [0.15, 0.2) is 0 Å². The molecule has 1 aliphatic rings. The molecule has 8 heteroatoms. The van der Waals surface area contributed by atoms with Crippen molar-refractivity contribution >= 4 is 28.3 Å². The molecule has 0 aromatic carbocycles. The first kappa shape index (κ1) is 18.8. The zero-order valence-electron chi connectivity index (χ0n) is 14.7. The molecule has 1 N–H and O–H groups in total. The van der Waals surface area contributed by atoms with Crippen LogP contribution < -0.4 is 5.32 Å². The quantitative estimate of drug-likeness (QED) is 0.774. The second-order valence-corrected chi connectivity index (χ2v) is 7.39. The van der Waals surface area contributed by atoms with Crippen LogP contribution in [0.3, 0.4) is 0 Å². The van der Waals surface area contributed by atoms with Crippen LogP contribution in [0.2, 0.25) is 0 Å². The molecule has 2 heterocycles. The Morgan fingerprint density at radius 2 is 2.21 bits per heavy atom. The van der Waals surface area contributed by atoms with Crippen LogP contribution in [0.25, 0.3) is 0 Å². The fraction of sp³-hybridized carbons (Fsp3) is 0.750. The van der Waals surface area contributed by atoms with Crippen LogP contribution in [0.4, 0.5) is 5.13 Å². The van der Waals surface area contributed by atoms with Gasteiger partial charge in [0.1, 0.15) is 5.01 Å². The van der Waals surface area contributed by atoms with Gasteiger partial charge in [0.15, 0.2) is 0 Å². The van der Waals surface area contributed by atoms with Gasteiger partial charge in [-0.15, -0.1) is 10.2 Å². The highest BCUT2D eigenvalue weighted by atomic mass is 32.1. The van der Waals surface area contributed by atoms with Gasteiger partial charge in [-0.1, -0.05) is 31.6 Å². The Bertz CT molecular complexity index is 577. The molecule has 3 atom stereocenters. The van der Waals surface area contributed by atoms with Gasteiger partial charge in [0.05, 0.1) is 18.6 Å². The van der Waals surface area contributed by atoms with E-state index < -0.39 is 0 Å². The molecular weight excluding hydrogens is 328 g/mol. The van der Waals surface area contributed by atoms with Gasteiger partial charge in [0, 0.05) is 26.0 Å². The van der Waals surface area contributed by atoms with E-state index >= 15 is 0 Å². The highest BCUT2D eigenvalue weighted by Gasteiger charge is 2.36. The summed E-state index contributed by atoms with van der Waals surface area (Å²) in [6, 6.07) is -0.0247.